The van der Waals surface area contributed by atoms with Crippen LogP contribution in [0.2, 0.25) is 0 Å². The third-order valence-corrected chi connectivity index (χ3v) is 2.62. The van der Waals surface area contributed by atoms with E-state index in [0.717, 1.165) is 12.2 Å². The molecule has 0 spiro atoms. The van der Waals surface area contributed by atoms with E-state index >= 15 is 0 Å². The Hall–Kier alpha value is -2.49. The quantitative estimate of drug-likeness (QED) is 0.701. The van der Waals surface area contributed by atoms with Gasteiger partial charge in [0.05, 0.1) is 6.54 Å². The molecular formula is C14H12N4. The second kappa shape index (κ2) is 4.79. The van der Waals surface area contributed by atoms with Crippen LogP contribution in [-0.2, 0) is 6.54 Å². The maximum Gasteiger partial charge on any atom is 0.179 e. The molecule has 0 unspecified atom stereocenters. The van der Waals surface area contributed by atoms with Crippen molar-refractivity contribution in [2.24, 2.45) is 0 Å². The van der Waals surface area contributed by atoms with Gasteiger partial charge < -0.3 is 0 Å². The lowest BCUT2D eigenvalue weighted by Gasteiger charge is -2.00. The lowest BCUT2D eigenvalue weighted by molar-refractivity contribution is 0.688. The highest BCUT2D eigenvalue weighted by molar-refractivity contribution is 5.46. The summed E-state index contributed by atoms with van der Waals surface area (Å²) >= 11 is 0. The normalized spacial score (nSPS) is 10.4. The number of rotatable bonds is 3. The van der Waals surface area contributed by atoms with E-state index in [1.54, 1.807) is 18.5 Å². The lowest BCUT2D eigenvalue weighted by Crippen LogP contribution is -2.00. The largest absolute Gasteiger partial charge is 0.268 e. The molecule has 0 N–H and O–H groups in total. The first-order valence-corrected chi connectivity index (χ1v) is 5.76. The van der Waals surface area contributed by atoms with Crippen molar-refractivity contribution in [2.45, 2.75) is 6.54 Å². The van der Waals surface area contributed by atoms with E-state index in [2.05, 4.69) is 27.2 Å². The molecule has 0 aliphatic heterocycles. The van der Waals surface area contributed by atoms with Crippen LogP contribution in [0.15, 0.2) is 61.1 Å². The third kappa shape index (κ3) is 2.27. The van der Waals surface area contributed by atoms with Crippen molar-refractivity contribution in [1.29, 1.82) is 0 Å². The minimum atomic E-state index is 0.657. The maximum absolute atomic E-state index is 4.47. The number of hydrogen-bond donors (Lipinski definition) is 0. The highest BCUT2D eigenvalue weighted by atomic mass is 15.3. The summed E-state index contributed by atoms with van der Waals surface area (Å²) in [5.41, 5.74) is 2.02. The molecule has 18 heavy (non-hydrogen) atoms. The average molecular weight is 236 g/mol. The molecule has 0 radical (unpaired) electrons. The van der Waals surface area contributed by atoms with Crippen LogP contribution in [-0.4, -0.2) is 19.7 Å². The molecule has 0 fully saturated rings. The van der Waals surface area contributed by atoms with Crippen molar-refractivity contribution < 1.29 is 0 Å². The zero-order valence-corrected chi connectivity index (χ0v) is 9.77. The summed E-state index contributed by atoms with van der Waals surface area (Å²) in [6, 6.07) is 14.0. The molecule has 0 aliphatic rings. The monoisotopic (exact) mass is 236 g/mol. The van der Waals surface area contributed by atoms with Crippen LogP contribution in [0.1, 0.15) is 5.56 Å². The van der Waals surface area contributed by atoms with Crippen molar-refractivity contribution in [3.63, 3.8) is 0 Å². The molecule has 0 saturated heterocycles. The fourth-order valence-electron chi connectivity index (χ4n) is 1.77. The lowest BCUT2D eigenvalue weighted by atomic mass is 10.2. The molecule has 4 nitrogen and oxygen atoms in total. The Morgan fingerprint density at radius 2 is 1.67 bits per heavy atom. The zero-order chi connectivity index (χ0) is 12.2. The summed E-state index contributed by atoms with van der Waals surface area (Å²) in [5, 5.41) is 4.47. The Morgan fingerprint density at radius 1 is 0.889 bits per heavy atom. The molecular weight excluding hydrogens is 224 g/mol. The van der Waals surface area contributed by atoms with E-state index in [1.807, 2.05) is 35.1 Å². The van der Waals surface area contributed by atoms with Crippen molar-refractivity contribution in [1.82, 2.24) is 19.7 Å². The fourth-order valence-corrected chi connectivity index (χ4v) is 1.77. The molecule has 0 atom stereocenters. The Balaban J connectivity index is 1.82. The standard InChI is InChI=1S/C14H12N4/c1-2-5-12(6-3-1)11-18-10-7-13(17-18)14-15-8-4-9-16-14/h1-10H,11H2. The Labute approximate surface area is 105 Å². The van der Waals surface area contributed by atoms with Crippen LogP contribution < -0.4 is 0 Å². The van der Waals surface area contributed by atoms with Gasteiger partial charge in [-0.15, -0.1) is 0 Å². The summed E-state index contributed by atoms with van der Waals surface area (Å²) in [5.74, 6) is 0.657. The topological polar surface area (TPSA) is 43.6 Å². The molecule has 2 heterocycles. The fraction of sp³-hybridized carbons (Fsp3) is 0.0714. The van der Waals surface area contributed by atoms with Gasteiger partial charge in [-0.05, 0) is 17.7 Å². The Bertz CT molecular complexity index is 617. The maximum atomic E-state index is 4.47. The van der Waals surface area contributed by atoms with Gasteiger partial charge >= 0.3 is 0 Å². The second-order valence-corrected chi connectivity index (χ2v) is 3.96. The van der Waals surface area contributed by atoms with Crippen LogP contribution in [0.3, 0.4) is 0 Å². The van der Waals surface area contributed by atoms with Gasteiger partial charge in [0.15, 0.2) is 5.82 Å². The van der Waals surface area contributed by atoms with Crippen LogP contribution in [0, 0.1) is 0 Å². The van der Waals surface area contributed by atoms with Gasteiger partial charge in [-0.3, -0.25) is 4.68 Å². The van der Waals surface area contributed by atoms with Gasteiger partial charge in [0.25, 0.3) is 0 Å². The predicted molar refractivity (Wildman–Crippen MR) is 68.8 cm³/mol. The number of benzene rings is 1. The second-order valence-electron chi connectivity index (χ2n) is 3.96. The van der Waals surface area contributed by atoms with E-state index in [1.165, 1.54) is 5.56 Å². The molecule has 2 aromatic heterocycles. The van der Waals surface area contributed by atoms with Crippen molar-refractivity contribution >= 4 is 0 Å². The van der Waals surface area contributed by atoms with E-state index in [4.69, 9.17) is 0 Å². The molecule has 3 rings (SSSR count). The van der Waals surface area contributed by atoms with Crippen molar-refractivity contribution in [2.75, 3.05) is 0 Å². The smallest absolute Gasteiger partial charge is 0.179 e. The van der Waals surface area contributed by atoms with Crippen LogP contribution in [0.5, 0.6) is 0 Å². The van der Waals surface area contributed by atoms with Gasteiger partial charge in [0, 0.05) is 18.6 Å². The average Bonchev–Trinajstić information content (AvgIpc) is 2.89. The SMILES string of the molecule is c1ccc(Cn2ccc(-c3ncccn3)n2)cc1. The third-order valence-electron chi connectivity index (χ3n) is 2.62. The van der Waals surface area contributed by atoms with Crippen molar-refractivity contribution in [3.8, 4) is 11.5 Å². The van der Waals surface area contributed by atoms with E-state index in [9.17, 15) is 0 Å². The molecule has 0 bridgehead atoms. The molecule has 1 aromatic carbocycles. The molecule has 4 heteroatoms. The van der Waals surface area contributed by atoms with Gasteiger partial charge in [-0.25, -0.2) is 9.97 Å². The predicted octanol–water partition coefficient (Wildman–Crippen LogP) is 2.39. The highest BCUT2D eigenvalue weighted by Gasteiger charge is 2.04. The Morgan fingerprint density at radius 3 is 2.44 bits per heavy atom. The number of aromatic nitrogens is 4. The molecule has 88 valence electrons. The summed E-state index contributed by atoms with van der Waals surface area (Å²) in [6.45, 7) is 0.758. The minimum Gasteiger partial charge on any atom is -0.268 e. The van der Waals surface area contributed by atoms with Gasteiger partial charge in [-0.2, -0.15) is 5.10 Å². The molecule has 0 amide bonds. The molecule has 0 saturated carbocycles. The van der Waals surface area contributed by atoms with Gasteiger partial charge in [0.1, 0.15) is 5.69 Å². The summed E-state index contributed by atoms with van der Waals surface area (Å²) in [6.07, 6.45) is 5.38. The number of nitrogens with zero attached hydrogens (tertiary/aromatic N) is 4. The van der Waals surface area contributed by atoms with Crippen molar-refractivity contribution in [3.05, 3.63) is 66.6 Å². The van der Waals surface area contributed by atoms with Crippen LogP contribution in [0.25, 0.3) is 11.5 Å². The van der Waals surface area contributed by atoms with E-state index in [0.29, 0.717) is 5.82 Å². The highest BCUT2D eigenvalue weighted by Crippen LogP contribution is 2.11. The van der Waals surface area contributed by atoms with Crippen LogP contribution >= 0.6 is 0 Å². The summed E-state index contributed by atoms with van der Waals surface area (Å²) in [4.78, 5) is 8.36. The first kappa shape index (κ1) is 10.7. The summed E-state index contributed by atoms with van der Waals surface area (Å²) < 4.78 is 1.89. The molecule has 3 aromatic rings. The first-order valence-electron chi connectivity index (χ1n) is 5.76. The Kier molecular flexibility index (Phi) is 2.84. The molecule has 0 aliphatic carbocycles. The number of hydrogen-bond acceptors (Lipinski definition) is 3. The van der Waals surface area contributed by atoms with Gasteiger partial charge in [0.2, 0.25) is 0 Å². The van der Waals surface area contributed by atoms with E-state index < -0.39 is 0 Å². The van der Waals surface area contributed by atoms with E-state index in [-0.39, 0.29) is 0 Å². The first-order chi connectivity index (χ1) is 8.92. The summed E-state index contributed by atoms with van der Waals surface area (Å²) in [7, 11) is 0. The van der Waals surface area contributed by atoms with Gasteiger partial charge in [-0.1, -0.05) is 30.3 Å². The zero-order valence-electron chi connectivity index (χ0n) is 9.77. The minimum absolute atomic E-state index is 0.657. The van der Waals surface area contributed by atoms with Crippen LogP contribution in [0.4, 0.5) is 0 Å².